The molecule has 7 nitrogen and oxygen atoms in total. The zero-order chi connectivity index (χ0) is 25.7. The molecule has 1 N–H and O–H groups in total. The van der Waals surface area contributed by atoms with Crippen LogP contribution in [0.4, 0.5) is 0 Å². The summed E-state index contributed by atoms with van der Waals surface area (Å²) in [6.07, 6.45) is 2.37. The second kappa shape index (κ2) is 11.9. The number of aliphatic hydroxyl groups is 1. The molecule has 0 saturated carbocycles. The van der Waals surface area contributed by atoms with E-state index in [0.717, 1.165) is 35.2 Å². The van der Waals surface area contributed by atoms with Crippen LogP contribution in [-0.2, 0) is 14.3 Å². The van der Waals surface area contributed by atoms with Crippen molar-refractivity contribution < 1.29 is 24.2 Å². The number of benzene rings is 2. The van der Waals surface area contributed by atoms with Crippen molar-refractivity contribution in [2.75, 3.05) is 46.0 Å². The van der Waals surface area contributed by atoms with Gasteiger partial charge in [0.1, 0.15) is 18.1 Å². The number of ether oxygens (including phenoxy) is 2. The molecule has 2 aromatic rings. The molecule has 1 amide bonds. The molecule has 0 aromatic heterocycles. The predicted octanol–water partition coefficient (Wildman–Crippen LogP) is 4.47. The van der Waals surface area contributed by atoms with Crippen molar-refractivity contribution in [3.8, 4) is 5.75 Å². The van der Waals surface area contributed by atoms with Gasteiger partial charge >= 0.3 is 0 Å². The van der Waals surface area contributed by atoms with Gasteiger partial charge in [-0.3, -0.25) is 14.5 Å². The molecule has 0 aliphatic carbocycles. The minimum absolute atomic E-state index is 0.108. The van der Waals surface area contributed by atoms with E-state index in [4.69, 9.17) is 9.47 Å². The number of carbonyl (C=O) groups excluding carboxylic acids is 2. The maximum absolute atomic E-state index is 13.3. The van der Waals surface area contributed by atoms with E-state index in [1.54, 1.807) is 29.2 Å². The highest BCUT2D eigenvalue weighted by molar-refractivity contribution is 9.10. The lowest BCUT2D eigenvalue weighted by Gasteiger charge is -2.29. The molecule has 1 atom stereocenters. The van der Waals surface area contributed by atoms with Crippen LogP contribution >= 0.6 is 15.9 Å². The third kappa shape index (κ3) is 5.72. The minimum Gasteiger partial charge on any atom is -0.507 e. The fourth-order valence-electron chi connectivity index (χ4n) is 4.68. The Morgan fingerprint density at radius 3 is 2.56 bits per heavy atom. The number of likely N-dealkylation sites (tertiary alicyclic amines) is 1. The summed E-state index contributed by atoms with van der Waals surface area (Å²) in [6.45, 7) is 10.2. The Kier molecular flexibility index (Phi) is 8.61. The Bertz CT molecular complexity index is 1160. The van der Waals surface area contributed by atoms with Crippen LogP contribution in [-0.4, -0.2) is 72.6 Å². The zero-order valence-electron chi connectivity index (χ0n) is 20.4. The number of carbonyl (C=O) groups is 2. The molecule has 2 aromatic carbocycles. The number of aliphatic hydroxyl groups excluding tert-OH is 1. The molecule has 2 fully saturated rings. The van der Waals surface area contributed by atoms with Gasteiger partial charge in [0.2, 0.25) is 0 Å². The molecule has 2 aliphatic rings. The van der Waals surface area contributed by atoms with Gasteiger partial charge in [0.15, 0.2) is 0 Å². The van der Waals surface area contributed by atoms with Crippen LogP contribution in [0.2, 0.25) is 0 Å². The van der Waals surface area contributed by atoms with Gasteiger partial charge in [-0.05, 0) is 54.8 Å². The summed E-state index contributed by atoms with van der Waals surface area (Å²) in [6, 6.07) is 12.1. The lowest BCUT2D eigenvalue weighted by atomic mass is 9.94. The van der Waals surface area contributed by atoms with Crippen LogP contribution < -0.4 is 4.74 Å². The molecule has 1 unspecified atom stereocenters. The van der Waals surface area contributed by atoms with Crippen LogP contribution in [0.15, 0.2) is 65.2 Å². The van der Waals surface area contributed by atoms with Crippen molar-refractivity contribution in [2.45, 2.75) is 19.4 Å². The highest BCUT2D eigenvalue weighted by Crippen LogP contribution is 2.40. The van der Waals surface area contributed by atoms with E-state index in [2.05, 4.69) is 27.4 Å². The van der Waals surface area contributed by atoms with Crippen molar-refractivity contribution >= 4 is 33.4 Å². The fourth-order valence-corrected chi connectivity index (χ4v) is 4.95. The molecule has 0 spiro atoms. The zero-order valence-corrected chi connectivity index (χ0v) is 22.0. The monoisotopic (exact) mass is 554 g/mol. The van der Waals surface area contributed by atoms with E-state index in [1.165, 1.54) is 0 Å². The second-order valence-corrected chi connectivity index (χ2v) is 9.84. The fraction of sp³-hybridized carbons (Fsp3) is 0.357. The summed E-state index contributed by atoms with van der Waals surface area (Å²) in [4.78, 5) is 30.4. The smallest absolute Gasteiger partial charge is 0.295 e. The summed E-state index contributed by atoms with van der Waals surface area (Å²) in [5, 5.41) is 11.4. The summed E-state index contributed by atoms with van der Waals surface area (Å²) < 4.78 is 11.9. The minimum atomic E-state index is -0.668. The number of halogens is 1. The van der Waals surface area contributed by atoms with Crippen molar-refractivity contribution in [2.24, 2.45) is 0 Å². The number of rotatable bonds is 9. The van der Waals surface area contributed by atoms with Gasteiger partial charge in [-0.25, -0.2) is 0 Å². The van der Waals surface area contributed by atoms with E-state index in [1.807, 2.05) is 31.2 Å². The molecular weight excluding hydrogens is 524 g/mol. The average Bonchev–Trinajstić information content (AvgIpc) is 3.13. The third-order valence-corrected chi connectivity index (χ3v) is 7.05. The summed E-state index contributed by atoms with van der Waals surface area (Å²) >= 11 is 3.45. The lowest BCUT2D eigenvalue weighted by molar-refractivity contribution is -0.140. The van der Waals surface area contributed by atoms with Gasteiger partial charge in [0.25, 0.3) is 11.7 Å². The molecular formula is C28H31BrN2O5. The summed E-state index contributed by atoms with van der Waals surface area (Å²) in [5.74, 6) is -0.796. The molecule has 8 heteroatoms. The Morgan fingerprint density at radius 2 is 1.89 bits per heavy atom. The van der Waals surface area contributed by atoms with E-state index in [9.17, 15) is 14.7 Å². The summed E-state index contributed by atoms with van der Waals surface area (Å²) in [5.41, 5.74) is 2.11. The van der Waals surface area contributed by atoms with Crippen LogP contribution in [0.5, 0.6) is 5.75 Å². The molecule has 4 rings (SSSR count). The first-order valence-corrected chi connectivity index (χ1v) is 12.9. The molecule has 2 heterocycles. The first kappa shape index (κ1) is 26.1. The standard InChI is InChI=1S/C28H31BrN2O5/c1-3-15-36-22-9-10-23(19(2)18-22)26(32)24-25(20-5-7-21(29)8-6-20)31(28(34)27(24)33)12-4-11-30-13-16-35-17-14-30/h3,5-10,18,25,32H,1,4,11-17H2,2H3/b26-24+. The van der Waals surface area contributed by atoms with Crippen LogP contribution in [0.3, 0.4) is 0 Å². The maximum Gasteiger partial charge on any atom is 0.295 e. The van der Waals surface area contributed by atoms with Crippen molar-refractivity contribution in [1.82, 2.24) is 9.80 Å². The van der Waals surface area contributed by atoms with Gasteiger partial charge in [-0.1, -0.05) is 40.7 Å². The molecule has 2 saturated heterocycles. The van der Waals surface area contributed by atoms with Gasteiger partial charge in [-0.2, -0.15) is 0 Å². The van der Waals surface area contributed by atoms with Crippen molar-refractivity contribution in [3.63, 3.8) is 0 Å². The van der Waals surface area contributed by atoms with Crippen LogP contribution in [0.25, 0.3) is 5.76 Å². The Morgan fingerprint density at radius 1 is 1.17 bits per heavy atom. The van der Waals surface area contributed by atoms with E-state index in [-0.39, 0.29) is 11.3 Å². The third-order valence-electron chi connectivity index (χ3n) is 6.52. The number of aryl methyl sites for hydroxylation is 1. The maximum atomic E-state index is 13.3. The quantitative estimate of drug-likeness (QED) is 0.213. The van der Waals surface area contributed by atoms with Gasteiger partial charge in [-0.15, -0.1) is 0 Å². The van der Waals surface area contributed by atoms with Crippen molar-refractivity contribution in [1.29, 1.82) is 0 Å². The number of Topliss-reactive ketones (excluding diaryl/α,β-unsaturated/α-hetero) is 1. The lowest BCUT2D eigenvalue weighted by Crippen LogP contribution is -2.38. The molecule has 0 radical (unpaired) electrons. The molecule has 0 bridgehead atoms. The number of nitrogens with zero attached hydrogens (tertiary/aromatic N) is 2. The van der Waals surface area contributed by atoms with Crippen LogP contribution in [0, 0.1) is 6.92 Å². The average molecular weight is 555 g/mol. The van der Waals surface area contributed by atoms with Gasteiger partial charge in [0, 0.05) is 36.2 Å². The number of amides is 1. The first-order chi connectivity index (χ1) is 17.4. The van der Waals surface area contributed by atoms with Crippen LogP contribution in [0.1, 0.15) is 29.2 Å². The number of morpholine rings is 1. The van der Waals surface area contributed by atoms with E-state index >= 15 is 0 Å². The first-order valence-electron chi connectivity index (χ1n) is 12.1. The second-order valence-electron chi connectivity index (χ2n) is 8.93. The Hall–Kier alpha value is -2.94. The Labute approximate surface area is 220 Å². The highest BCUT2D eigenvalue weighted by atomic mass is 79.9. The summed E-state index contributed by atoms with van der Waals surface area (Å²) in [7, 11) is 0. The SMILES string of the molecule is C=CCOc1ccc(/C(O)=C2\C(=O)C(=O)N(CCCN3CCOCC3)C2c2ccc(Br)cc2)c(C)c1. The molecule has 36 heavy (non-hydrogen) atoms. The Balaban J connectivity index is 1.67. The van der Waals surface area contributed by atoms with E-state index in [0.29, 0.717) is 44.1 Å². The topological polar surface area (TPSA) is 79.3 Å². The largest absolute Gasteiger partial charge is 0.507 e. The molecule has 190 valence electrons. The number of ketones is 1. The predicted molar refractivity (Wildman–Crippen MR) is 142 cm³/mol. The van der Waals surface area contributed by atoms with Gasteiger partial charge < -0.3 is 19.5 Å². The van der Waals surface area contributed by atoms with Gasteiger partial charge in [0.05, 0.1) is 24.8 Å². The normalized spacial score (nSPS) is 20.1. The van der Waals surface area contributed by atoms with Crippen molar-refractivity contribution in [3.05, 3.63) is 81.9 Å². The number of hydrogen-bond acceptors (Lipinski definition) is 6. The van der Waals surface area contributed by atoms with E-state index < -0.39 is 17.7 Å². The number of hydrogen-bond donors (Lipinski definition) is 1. The molecule has 2 aliphatic heterocycles. The highest BCUT2D eigenvalue weighted by Gasteiger charge is 2.46.